The van der Waals surface area contributed by atoms with Crippen LogP contribution in [0.3, 0.4) is 0 Å². The molecule has 8 nitrogen and oxygen atoms in total. The van der Waals surface area contributed by atoms with Gasteiger partial charge in [-0.05, 0) is 76.4 Å². The topological polar surface area (TPSA) is 118 Å². The number of halogens is 1. The Morgan fingerprint density at radius 1 is 1.00 bits per heavy atom. The summed E-state index contributed by atoms with van der Waals surface area (Å²) in [6.07, 6.45) is 9.89. The zero-order valence-electron chi connectivity index (χ0n) is 22.0. The van der Waals surface area contributed by atoms with Crippen LogP contribution in [0.2, 0.25) is 0 Å². The van der Waals surface area contributed by atoms with Crippen molar-refractivity contribution in [3.8, 4) is 0 Å². The number of piperidine rings is 2. The third-order valence-corrected chi connectivity index (χ3v) is 10.2. The number of alkyl halides is 1. The van der Waals surface area contributed by atoms with E-state index in [-0.39, 0.29) is 30.0 Å². The molecule has 4 unspecified atom stereocenters. The molecule has 0 aromatic heterocycles. The van der Waals surface area contributed by atoms with E-state index in [0.717, 1.165) is 71.5 Å². The van der Waals surface area contributed by atoms with Crippen molar-refractivity contribution < 1.29 is 13.9 Å². The Hall–Kier alpha value is -0.840. The molecule has 4 heterocycles. The zero-order valence-corrected chi connectivity index (χ0v) is 22.0. The number of rotatable bonds is 5. The molecule has 2 spiro atoms. The van der Waals surface area contributed by atoms with Crippen molar-refractivity contribution in [2.75, 3.05) is 45.9 Å². The van der Waals surface area contributed by atoms with E-state index in [1.54, 1.807) is 0 Å². The van der Waals surface area contributed by atoms with Crippen molar-refractivity contribution in [2.45, 2.75) is 101 Å². The third kappa shape index (κ3) is 5.91. The second-order valence-electron chi connectivity index (χ2n) is 12.7. The molecule has 5 aliphatic rings. The first-order chi connectivity index (χ1) is 17.4. The Morgan fingerprint density at radius 2 is 1.75 bits per heavy atom. The Morgan fingerprint density at radius 3 is 2.42 bits per heavy atom. The minimum atomic E-state index is -0.889. The second-order valence-corrected chi connectivity index (χ2v) is 12.7. The summed E-state index contributed by atoms with van der Waals surface area (Å²) < 4.78 is 20.2. The van der Waals surface area contributed by atoms with Crippen LogP contribution >= 0.6 is 0 Å². The maximum absolute atomic E-state index is 14.7. The summed E-state index contributed by atoms with van der Waals surface area (Å²) in [5.74, 6) is -0.655. The van der Waals surface area contributed by atoms with Crippen molar-refractivity contribution in [3.05, 3.63) is 0 Å². The fourth-order valence-electron chi connectivity index (χ4n) is 7.84. The molecule has 36 heavy (non-hydrogen) atoms. The van der Waals surface area contributed by atoms with Gasteiger partial charge in [-0.15, -0.1) is 0 Å². The molecule has 9 heteroatoms. The van der Waals surface area contributed by atoms with E-state index >= 15 is 0 Å². The molecule has 1 saturated carbocycles. The summed E-state index contributed by atoms with van der Waals surface area (Å²) >= 11 is 0. The average molecular weight is 509 g/mol. The summed E-state index contributed by atoms with van der Waals surface area (Å²) in [6.45, 7) is 5.91. The number of hydrogen-bond acceptors (Lipinski definition) is 7. The molecule has 0 bridgehead atoms. The molecular weight excluding hydrogens is 459 g/mol. The lowest BCUT2D eigenvalue weighted by atomic mass is 9.65. The van der Waals surface area contributed by atoms with Gasteiger partial charge in [0.05, 0.1) is 31.3 Å². The fraction of sp³-hybridized carbons (Fsp3) is 0.963. The number of carbonyl (C=O) groups is 1. The van der Waals surface area contributed by atoms with Crippen LogP contribution in [0.25, 0.3) is 0 Å². The molecule has 4 saturated heterocycles. The van der Waals surface area contributed by atoms with Crippen molar-refractivity contribution in [3.63, 3.8) is 0 Å². The van der Waals surface area contributed by atoms with Crippen molar-refractivity contribution in [2.24, 2.45) is 28.2 Å². The lowest BCUT2D eigenvalue weighted by molar-refractivity contribution is -0.145. The van der Waals surface area contributed by atoms with Crippen LogP contribution in [0.5, 0.6) is 0 Å². The van der Waals surface area contributed by atoms with Crippen LogP contribution in [-0.4, -0.2) is 87.2 Å². The van der Waals surface area contributed by atoms with Crippen LogP contribution in [0.4, 0.5) is 4.39 Å². The van der Waals surface area contributed by atoms with E-state index in [4.69, 9.17) is 16.2 Å². The molecule has 4 aliphatic heterocycles. The van der Waals surface area contributed by atoms with Gasteiger partial charge in [0.15, 0.2) is 0 Å². The molecule has 5 atom stereocenters. The highest BCUT2D eigenvalue weighted by atomic mass is 19.1. The van der Waals surface area contributed by atoms with Gasteiger partial charge in [0.1, 0.15) is 6.17 Å². The van der Waals surface area contributed by atoms with Crippen LogP contribution in [-0.2, 0) is 9.53 Å². The highest BCUT2D eigenvalue weighted by Crippen LogP contribution is 2.46. The van der Waals surface area contributed by atoms with Crippen molar-refractivity contribution >= 4 is 5.91 Å². The zero-order chi connectivity index (χ0) is 25.2. The van der Waals surface area contributed by atoms with Crippen LogP contribution < -0.4 is 27.4 Å². The van der Waals surface area contributed by atoms with E-state index < -0.39 is 18.3 Å². The first-order valence-corrected chi connectivity index (χ1v) is 14.6. The highest BCUT2D eigenvalue weighted by molar-refractivity contribution is 5.80. The molecule has 7 N–H and O–H groups in total. The molecule has 5 rings (SSSR count). The van der Waals surface area contributed by atoms with Gasteiger partial charge in [-0.3, -0.25) is 9.69 Å². The highest BCUT2D eigenvalue weighted by Gasteiger charge is 2.45. The van der Waals surface area contributed by atoms with Gasteiger partial charge < -0.3 is 32.2 Å². The number of nitrogens with two attached hydrogens (primary N) is 2. The molecule has 1 amide bonds. The largest absolute Gasteiger partial charge is 0.380 e. The monoisotopic (exact) mass is 508 g/mol. The maximum Gasteiger partial charge on any atom is 0.227 e. The van der Waals surface area contributed by atoms with E-state index in [2.05, 4.69) is 20.9 Å². The quantitative estimate of drug-likeness (QED) is 0.355. The Balaban J connectivity index is 1.26. The van der Waals surface area contributed by atoms with Crippen LogP contribution in [0.1, 0.15) is 70.6 Å². The van der Waals surface area contributed by atoms with Gasteiger partial charge >= 0.3 is 0 Å². The number of nitrogens with zero attached hydrogens (tertiary/aromatic N) is 1. The number of hydrogen-bond donors (Lipinski definition) is 5. The minimum Gasteiger partial charge on any atom is -0.380 e. The first kappa shape index (κ1) is 26.8. The standard InChI is InChI=1S/C27H49FN6O2/c28-19-4-8-26(6-2-1-3-7-26)14-20(32-15-19)23(24(29)30)25(35)33-21-16-31-11-5-22(21)34-12-9-27(10-13-34)17-36-18-27/h19-24,31-32H,1-18,29-30H2,(H,33,35)/t19?,20?,21-,22?,23?/m0/s1. The number of carbonyl (C=O) groups excluding carboxylic acids is 1. The molecule has 0 aromatic carbocycles. The smallest absolute Gasteiger partial charge is 0.227 e. The summed E-state index contributed by atoms with van der Waals surface area (Å²) in [5, 5.41) is 10.3. The summed E-state index contributed by atoms with van der Waals surface area (Å²) in [7, 11) is 0. The van der Waals surface area contributed by atoms with Gasteiger partial charge in [-0.2, -0.15) is 0 Å². The van der Waals surface area contributed by atoms with Crippen molar-refractivity contribution in [1.29, 1.82) is 0 Å². The Labute approximate surface area is 216 Å². The van der Waals surface area contributed by atoms with E-state index in [1.807, 2.05) is 0 Å². The lowest BCUT2D eigenvalue weighted by Crippen LogP contribution is -2.65. The number of likely N-dealkylation sites (tertiary alicyclic amines) is 1. The van der Waals surface area contributed by atoms with Gasteiger partial charge in [-0.1, -0.05) is 19.3 Å². The van der Waals surface area contributed by atoms with Gasteiger partial charge in [0.2, 0.25) is 5.91 Å². The molecule has 1 aliphatic carbocycles. The predicted molar refractivity (Wildman–Crippen MR) is 139 cm³/mol. The van der Waals surface area contributed by atoms with E-state index in [1.165, 1.54) is 32.1 Å². The number of ether oxygens (including phenoxy) is 1. The minimum absolute atomic E-state index is 0.0188. The maximum atomic E-state index is 14.7. The molecular formula is C27H49FN6O2. The second kappa shape index (κ2) is 11.5. The molecule has 206 valence electrons. The summed E-state index contributed by atoms with van der Waals surface area (Å²) in [4.78, 5) is 16.4. The Kier molecular flexibility index (Phi) is 8.54. The number of amides is 1. The van der Waals surface area contributed by atoms with E-state index in [9.17, 15) is 9.18 Å². The first-order valence-electron chi connectivity index (χ1n) is 14.6. The normalized spacial score (nSPS) is 36.1. The van der Waals surface area contributed by atoms with Crippen LogP contribution in [0, 0.1) is 16.7 Å². The average Bonchev–Trinajstić information content (AvgIpc) is 2.85. The van der Waals surface area contributed by atoms with E-state index in [0.29, 0.717) is 17.9 Å². The fourth-order valence-corrected chi connectivity index (χ4v) is 7.84. The third-order valence-electron chi connectivity index (χ3n) is 10.2. The van der Waals surface area contributed by atoms with Gasteiger partial charge in [-0.25, -0.2) is 4.39 Å². The van der Waals surface area contributed by atoms with Gasteiger partial charge in [0, 0.05) is 30.6 Å². The van der Waals surface area contributed by atoms with Crippen LogP contribution in [0.15, 0.2) is 0 Å². The molecule has 5 fully saturated rings. The molecule has 0 aromatic rings. The summed E-state index contributed by atoms with van der Waals surface area (Å²) in [5.41, 5.74) is 13.1. The summed E-state index contributed by atoms with van der Waals surface area (Å²) in [6, 6.07) is 0.129. The van der Waals surface area contributed by atoms with Gasteiger partial charge in [0.25, 0.3) is 0 Å². The predicted octanol–water partition coefficient (Wildman–Crippen LogP) is 1.24. The Bertz CT molecular complexity index is 734. The SMILES string of the molecule is NC(N)C(C(=O)N[C@H]1CNCCC1N1CCC2(CC1)COC2)C1CC2(CCCCC2)CCC(F)CN1. The number of nitrogens with one attached hydrogen (secondary N) is 3. The van der Waals surface area contributed by atoms with Crippen molar-refractivity contribution in [1.82, 2.24) is 20.9 Å². The molecule has 0 radical (unpaired) electrons. The lowest BCUT2D eigenvalue weighted by Gasteiger charge is -2.51.